The van der Waals surface area contributed by atoms with Crippen LogP contribution in [0.25, 0.3) is 116 Å². The number of rotatable bonds is 4. The maximum Gasteiger partial charge on any atom is 0.164 e. The van der Waals surface area contributed by atoms with E-state index >= 15 is 0 Å². The lowest BCUT2D eigenvalue weighted by atomic mass is 9.99. The van der Waals surface area contributed by atoms with Crippen molar-refractivity contribution in [3.05, 3.63) is 182 Å². The fourth-order valence-electron chi connectivity index (χ4n) is 8.51. The van der Waals surface area contributed by atoms with Gasteiger partial charge < -0.3 is 8.98 Å². The first kappa shape index (κ1) is 30.8. The molecule has 3 aromatic heterocycles. The largest absolute Gasteiger partial charge is 0.455 e. The van der Waals surface area contributed by atoms with E-state index in [-0.39, 0.29) is 0 Å². The average molecular weight is 715 g/mol. The maximum absolute atomic E-state index is 6.85. The molecule has 9 aromatic carbocycles. The predicted octanol–water partition coefficient (Wildman–Crippen LogP) is 13.3. The van der Waals surface area contributed by atoms with Gasteiger partial charge in [-0.3, -0.25) is 0 Å². The third-order valence-corrected chi connectivity index (χ3v) is 11.2. The molecule has 0 aliphatic rings. The first-order valence-electron chi connectivity index (χ1n) is 18.8. The number of nitrogens with zero attached hydrogens (tertiary/aromatic N) is 4. The van der Waals surface area contributed by atoms with Gasteiger partial charge in [0.1, 0.15) is 11.2 Å². The normalized spacial score (nSPS) is 11.9. The Hall–Kier alpha value is -7.63. The molecule has 260 valence electrons. The van der Waals surface area contributed by atoms with Crippen LogP contribution in [-0.4, -0.2) is 19.5 Å². The van der Waals surface area contributed by atoms with Gasteiger partial charge in [-0.25, -0.2) is 15.0 Å². The van der Waals surface area contributed by atoms with Crippen LogP contribution in [0.1, 0.15) is 0 Å². The van der Waals surface area contributed by atoms with Crippen LogP contribution in [0.3, 0.4) is 0 Å². The van der Waals surface area contributed by atoms with Gasteiger partial charge in [-0.2, -0.15) is 0 Å². The number of hydrogen-bond acceptors (Lipinski definition) is 4. The van der Waals surface area contributed by atoms with Crippen molar-refractivity contribution in [3.63, 3.8) is 0 Å². The first-order chi connectivity index (χ1) is 27.7. The van der Waals surface area contributed by atoms with Gasteiger partial charge in [0.15, 0.2) is 17.5 Å². The minimum absolute atomic E-state index is 0.614. The van der Waals surface area contributed by atoms with E-state index in [9.17, 15) is 0 Å². The lowest BCUT2D eigenvalue weighted by Crippen LogP contribution is -2.00. The first-order valence-corrected chi connectivity index (χ1v) is 18.8. The van der Waals surface area contributed by atoms with Crippen molar-refractivity contribution < 1.29 is 4.42 Å². The molecule has 56 heavy (non-hydrogen) atoms. The third-order valence-electron chi connectivity index (χ3n) is 11.2. The number of para-hydroxylation sites is 1. The summed E-state index contributed by atoms with van der Waals surface area (Å²) in [5, 5.41) is 11.3. The summed E-state index contributed by atoms with van der Waals surface area (Å²) in [7, 11) is 0. The molecule has 0 radical (unpaired) electrons. The molecule has 0 saturated carbocycles. The van der Waals surface area contributed by atoms with Crippen LogP contribution in [0.5, 0.6) is 0 Å². The Morgan fingerprint density at radius 3 is 1.82 bits per heavy atom. The molecule has 12 aromatic rings. The van der Waals surface area contributed by atoms with E-state index in [2.05, 4.69) is 156 Å². The molecule has 0 fully saturated rings. The molecule has 0 N–H and O–H groups in total. The summed E-state index contributed by atoms with van der Waals surface area (Å²) >= 11 is 0. The van der Waals surface area contributed by atoms with Gasteiger partial charge in [0, 0.05) is 55.4 Å². The predicted molar refractivity (Wildman–Crippen MR) is 230 cm³/mol. The Bertz CT molecular complexity index is 3540. The molecule has 0 spiro atoms. The minimum Gasteiger partial charge on any atom is -0.455 e. The van der Waals surface area contributed by atoms with Gasteiger partial charge in [0.25, 0.3) is 0 Å². The molecule has 12 rings (SSSR count). The number of hydrogen-bond donors (Lipinski definition) is 0. The van der Waals surface area contributed by atoms with Crippen molar-refractivity contribution in [1.82, 2.24) is 19.5 Å². The second-order valence-corrected chi connectivity index (χ2v) is 14.4. The highest BCUT2D eigenvalue weighted by Gasteiger charge is 2.20. The summed E-state index contributed by atoms with van der Waals surface area (Å²) in [5.74, 6) is 1.87. The fraction of sp³-hybridized carbons (Fsp3) is 0. The second kappa shape index (κ2) is 11.9. The van der Waals surface area contributed by atoms with Crippen LogP contribution >= 0.6 is 0 Å². The average Bonchev–Trinajstić information content (AvgIpc) is 3.80. The number of benzene rings is 9. The molecule has 0 aliphatic carbocycles. The van der Waals surface area contributed by atoms with E-state index < -0.39 is 0 Å². The zero-order chi connectivity index (χ0) is 36.7. The van der Waals surface area contributed by atoms with E-state index in [1.807, 2.05) is 30.3 Å². The van der Waals surface area contributed by atoms with Crippen LogP contribution in [0.15, 0.2) is 186 Å². The Kier molecular flexibility index (Phi) is 6.56. The van der Waals surface area contributed by atoms with Crippen molar-refractivity contribution >= 4 is 76.1 Å². The van der Waals surface area contributed by atoms with Crippen LogP contribution in [0, 0.1) is 0 Å². The molecular weight excluding hydrogens is 685 g/mol. The van der Waals surface area contributed by atoms with Gasteiger partial charge in [-0.05, 0) is 69.4 Å². The Morgan fingerprint density at radius 2 is 1.00 bits per heavy atom. The molecule has 5 nitrogen and oxygen atoms in total. The van der Waals surface area contributed by atoms with Crippen molar-refractivity contribution in [1.29, 1.82) is 0 Å². The molecule has 5 heteroatoms. The monoisotopic (exact) mass is 714 g/mol. The summed E-state index contributed by atoms with van der Waals surface area (Å²) in [6, 6.07) is 63.9. The van der Waals surface area contributed by atoms with Gasteiger partial charge >= 0.3 is 0 Å². The third kappa shape index (κ3) is 4.71. The standard InChI is InChI=1S/C51H30N4O/c1-2-13-32(14-3-1)49-52-50(36-23-22-31-12-4-5-15-33(31)26-36)54-51(53-49)44-30-43-40-25-24-37(29-47(40)56-48(43)41-20-9-8-18-38(41)44)55-45-21-11-10-19-39(45)42-27-34-16-6-7-17-35(34)28-46(42)55/h1-30H. The Balaban J connectivity index is 1.08. The SMILES string of the molecule is c1ccc(-c2nc(-c3ccc4ccccc4c3)nc(-c3cc4c5ccc(-n6c7ccccc7c7cc8ccccc8cc76)cc5oc4c4ccccc34)n2)cc1. The Labute approximate surface area is 320 Å². The van der Waals surface area contributed by atoms with Gasteiger partial charge in [-0.1, -0.05) is 133 Å². The highest BCUT2D eigenvalue weighted by Crippen LogP contribution is 2.41. The molecule has 3 heterocycles. The quantitative estimate of drug-likeness (QED) is 0.182. The van der Waals surface area contributed by atoms with E-state index in [1.54, 1.807) is 0 Å². The number of furan rings is 1. The van der Waals surface area contributed by atoms with Crippen molar-refractivity contribution in [2.45, 2.75) is 0 Å². The zero-order valence-electron chi connectivity index (χ0n) is 30.0. The lowest BCUT2D eigenvalue weighted by Gasteiger charge is -2.11. The molecular formula is C51H30N4O. The number of fused-ring (bicyclic) bond motifs is 10. The topological polar surface area (TPSA) is 56.7 Å². The molecule has 0 saturated heterocycles. The highest BCUT2D eigenvalue weighted by molar-refractivity contribution is 6.19. The molecule has 0 amide bonds. The van der Waals surface area contributed by atoms with Crippen LogP contribution in [0.4, 0.5) is 0 Å². The molecule has 0 atom stereocenters. The van der Waals surface area contributed by atoms with E-state index in [0.717, 1.165) is 66.0 Å². The van der Waals surface area contributed by atoms with E-state index in [1.165, 1.54) is 32.4 Å². The zero-order valence-corrected chi connectivity index (χ0v) is 30.0. The smallest absolute Gasteiger partial charge is 0.164 e. The summed E-state index contributed by atoms with van der Waals surface area (Å²) in [5.41, 5.74) is 7.84. The van der Waals surface area contributed by atoms with Crippen LogP contribution in [0.2, 0.25) is 0 Å². The van der Waals surface area contributed by atoms with Gasteiger partial charge in [0.05, 0.1) is 11.0 Å². The summed E-state index contributed by atoms with van der Waals surface area (Å²) in [4.78, 5) is 15.4. The van der Waals surface area contributed by atoms with E-state index in [0.29, 0.717) is 17.5 Å². The number of aromatic nitrogens is 4. The molecule has 0 bridgehead atoms. The second-order valence-electron chi connectivity index (χ2n) is 14.4. The molecule has 0 unspecified atom stereocenters. The van der Waals surface area contributed by atoms with Crippen molar-refractivity contribution in [2.24, 2.45) is 0 Å². The Morgan fingerprint density at radius 1 is 0.357 bits per heavy atom. The maximum atomic E-state index is 6.85. The van der Waals surface area contributed by atoms with Crippen LogP contribution in [-0.2, 0) is 0 Å². The summed E-state index contributed by atoms with van der Waals surface area (Å²) in [6.07, 6.45) is 0. The molecule has 0 aliphatic heterocycles. The van der Waals surface area contributed by atoms with Crippen LogP contribution < -0.4 is 0 Å². The fourth-order valence-corrected chi connectivity index (χ4v) is 8.51. The van der Waals surface area contributed by atoms with E-state index in [4.69, 9.17) is 19.4 Å². The van der Waals surface area contributed by atoms with Gasteiger partial charge in [-0.15, -0.1) is 0 Å². The summed E-state index contributed by atoms with van der Waals surface area (Å²) in [6.45, 7) is 0. The van der Waals surface area contributed by atoms with Crippen molar-refractivity contribution in [3.8, 4) is 39.9 Å². The summed E-state index contributed by atoms with van der Waals surface area (Å²) < 4.78 is 9.21. The lowest BCUT2D eigenvalue weighted by molar-refractivity contribution is 0.672. The van der Waals surface area contributed by atoms with Gasteiger partial charge in [0.2, 0.25) is 0 Å². The van der Waals surface area contributed by atoms with Crippen molar-refractivity contribution in [2.75, 3.05) is 0 Å². The minimum atomic E-state index is 0.614. The highest BCUT2D eigenvalue weighted by atomic mass is 16.3.